The van der Waals surface area contributed by atoms with Crippen LogP contribution in [0.1, 0.15) is 38.2 Å². The number of nitrogens with two attached hydrogens (primary N) is 1. The van der Waals surface area contributed by atoms with Gasteiger partial charge in [0.2, 0.25) is 0 Å². The van der Waals surface area contributed by atoms with Crippen LogP contribution in [0, 0.1) is 5.92 Å². The maximum absolute atomic E-state index is 6.02. The van der Waals surface area contributed by atoms with Gasteiger partial charge in [0.1, 0.15) is 10.8 Å². The average molecular weight is 269 g/mol. The Balaban J connectivity index is 2.17. The molecule has 0 radical (unpaired) electrons. The number of methoxy groups -OCH3 is 1. The smallest absolute Gasteiger partial charge is 0.142 e. The second-order valence-corrected chi connectivity index (χ2v) is 6.15. The van der Waals surface area contributed by atoms with Crippen molar-refractivity contribution in [3.05, 3.63) is 5.56 Å². The van der Waals surface area contributed by atoms with Crippen molar-refractivity contribution in [3.8, 4) is 0 Å². The molecule has 1 saturated carbocycles. The number of nitrogen functional groups attached to an aromatic ring is 1. The molecule has 0 bridgehead atoms. The average Bonchev–Trinajstić information content (AvgIpc) is 3.08. The lowest BCUT2D eigenvalue weighted by molar-refractivity contribution is 0.204. The Morgan fingerprint density at radius 2 is 2.22 bits per heavy atom. The highest BCUT2D eigenvalue weighted by Gasteiger charge is 2.32. The monoisotopic (exact) mass is 269 g/mol. The normalized spacial score (nSPS) is 15.3. The molecule has 0 aliphatic heterocycles. The van der Waals surface area contributed by atoms with Gasteiger partial charge in [0.25, 0.3) is 0 Å². The van der Waals surface area contributed by atoms with E-state index in [1.54, 1.807) is 18.6 Å². The van der Waals surface area contributed by atoms with E-state index in [0.717, 1.165) is 25.5 Å². The molecule has 0 aromatic carbocycles. The molecule has 1 aliphatic rings. The maximum atomic E-state index is 6.02. The number of nitrogens with zero attached hydrogens (tertiary/aromatic N) is 2. The third-order valence-corrected chi connectivity index (χ3v) is 4.10. The minimum atomic E-state index is 0.622. The largest absolute Gasteiger partial charge is 0.383 e. The molecule has 2 N–H and O–H groups in total. The van der Waals surface area contributed by atoms with Crippen molar-refractivity contribution in [1.82, 2.24) is 4.37 Å². The highest BCUT2D eigenvalue weighted by atomic mass is 32.1. The van der Waals surface area contributed by atoms with Gasteiger partial charge in [-0.2, -0.15) is 4.37 Å². The van der Waals surface area contributed by atoms with Gasteiger partial charge >= 0.3 is 0 Å². The quantitative estimate of drug-likeness (QED) is 0.827. The third kappa shape index (κ3) is 3.14. The Hall–Kier alpha value is -0.810. The van der Waals surface area contributed by atoms with Crippen molar-refractivity contribution in [2.24, 2.45) is 5.92 Å². The first-order valence-electron chi connectivity index (χ1n) is 6.62. The molecular formula is C13H23N3OS. The van der Waals surface area contributed by atoms with Crippen LogP contribution in [0.4, 0.5) is 10.8 Å². The summed E-state index contributed by atoms with van der Waals surface area (Å²) in [6.07, 6.45) is 2.52. The minimum absolute atomic E-state index is 0.622. The van der Waals surface area contributed by atoms with E-state index in [0.29, 0.717) is 11.8 Å². The van der Waals surface area contributed by atoms with Gasteiger partial charge in [0.15, 0.2) is 0 Å². The van der Waals surface area contributed by atoms with Crippen molar-refractivity contribution in [3.63, 3.8) is 0 Å². The van der Waals surface area contributed by atoms with Crippen molar-refractivity contribution < 1.29 is 4.74 Å². The molecule has 1 heterocycles. The molecule has 102 valence electrons. The van der Waals surface area contributed by atoms with E-state index in [1.807, 2.05) is 0 Å². The summed E-state index contributed by atoms with van der Waals surface area (Å²) in [5, 5.41) is 1.26. The molecule has 1 fully saturated rings. The molecule has 1 aliphatic carbocycles. The standard InChI is InChI=1S/C13H23N3OS/c1-9(2)8-16(6-7-17-3)13-11(10-4-5-10)12(14)15-18-13/h9-10H,4-8H2,1-3H3,(H2,14,15). The Morgan fingerprint density at radius 1 is 1.50 bits per heavy atom. The van der Waals surface area contributed by atoms with E-state index in [4.69, 9.17) is 10.5 Å². The highest BCUT2D eigenvalue weighted by Crippen LogP contribution is 2.48. The van der Waals surface area contributed by atoms with Crippen LogP contribution in [-0.2, 0) is 4.74 Å². The molecular weight excluding hydrogens is 246 g/mol. The fourth-order valence-electron chi connectivity index (χ4n) is 2.20. The molecule has 4 nitrogen and oxygen atoms in total. The summed E-state index contributed by atoms with van der Waals surface area (Å²) in [5.41, 5.74) is 7.31. The van der Waals surface area contributed by atoms with Crippen LogP contribution in [0.15, 0.2) is 0 Å². The van der Waals surface area contributed by atoms with Gasteiger partial charge in [-0.1, -0.05) is 13.8 Å². The second kappa shape index (κ2) is 5.89. The SMILES string of the molecule is COCCN(CC(C)C)c1snc(N)c1C1CC1. The van der Waals surface area contributed by atoms with E-state index in [-0.39, 0.29) is 0 Å². The van der Waals surface area contributed by atoms with E-state index in [9.17, 15) is 0 Å². The molecule has 18 heavy (non-hydrogen) atoms. The molecule has 0 atom stereocenters. The summed E-state index contributed by atoms with van der Waals surface area (Å²) < 4.78 is 9.56. The molecule has 0 spiro atoms. The summed E-state index contributed by atoms with van der Waals surface area (Å²) >= 11 is 1.54. The van der Waals surface area contributed by atoms with E-state index in [2.05, 4.69) is 23.1 Å². The Bertz CT molecular complexity index is 388. The molecule has 0 unspecified atom stereocenters. The predicted molar refractivity (Wildman–Crippen MR) is 77.4 cm³/mol. The van der Waals surface area contributed by atoms with E-state index < -0.39 is 0 Å². The predicted octanol–water partition coefficient (Wildman–Crippen LogP) is 2.71. The van der Waals surface area contributed by atoms with Crippen molar-refractivity contribution in [2.45, 2.75) is 32.6 Å². The van der Waals surface area contributed by atoms with Crippen molar-refractivity contribution >= 4 is 22.4 Å². The molecule has 0 amide bonds. The first-order chi connectivity index (χ1) is 8.63. The number of ether oxygens (including phenoxy) is 1. The zero-order chi connectivity index (χ0) is 13.1. The molecule has 1 aromatic rings. The minimum Gasteiger partial charge on any atom is -0.383 e. The lowest BCUT2D eigenvalue weighted by Gasteiger charge is -2.25. The van der Waals surface area contributed by atoms with Gasteiger partial charge in [-0.05, 0) is 36.2 Å². The van der Waals surface area contributed by atoms with Crippen LogP contribution in [0.25, 0.3) is 0 Å². The van der Waals surface area contributed by atoms with Crippen molar-refractivity contribution in [2.75, 3.05) is 37.4 Å². The van der Waals surface area contributed by atoms with Crippen LogP contribution in [0.2, 0.25) is 0 Å². The summed E-state index contributed by atoms with van der Waals surface area (Å²) in [6.45, 7) is 7.16. The summed E-state index contributed by atoms with van der Waals surface area (Å²) in [6, 6.07) is 0. The number of aromatic nitrogens is 1. The molecule has 2 rings (SSSR count). The lowest BCUT2D eigenvalue weighted by atomic mass is 10.1. The Kier molecular flexibility index (Phi) is 4.45. The van der Waals surface area contributed by atoms with Gasteiger partial charge in [-0.25, -0.2) is 0 Å². The Morgan fingerprint density at radius 3 is 2.78 bits per heavy atom. The topological polar surface area (TPSA) is 51.4 Å². The third-order valence-electron chi connectivity index (χ3n) is 3.16. The first kappa shape index (κ1) is 13.6. The number of hydrogen-bond donors (Lipinski definition) is 1. The van der Waals surface area contributed by atoms with Gasteiger partial charge in [-0.15, -0.1) is 0 Å². The van der Waals surface area contributed by atoms with E-state index >= 15 is 0 Å². The summed E-state index contributed by atoms with van der Waals surface area (Å²) in [4.78, 5) is 2.38. The van der Waals surface area contributed by atoms with E-state index in [1.165, 1.54) is 23.4 Å². The van der Waals surface area contributed by atoms with Crippen LogP contribution in [-0.4, -0.2) is 31.2 Å². The number of anilines is 2. The summed E-state index contributed by atoms with van der Waals surface area (Å²) in [5.74, 6) is 2.01. The molecule has 0 saturated heterocycles. The number of hydrogen-bond acceptors (Lipinski definition) is 5. The fourth-order valence-corrected chi connectivity index (χ4v) is 3.14. The summed E-state index contributed by atoms with van der Waals surface area (Å²) in [7, 11) is 1.75. The van der Waals surface area contributed by atoms with Crippen LogP contribution in [0.5, 0.6) is 0 Å². The number of rotatable bonds is 7. The fraction of sp³-hybridized carbons (Fsp3) is 0.769. The molecule has 5 heteroatoms. The van der Waals surface area contributed by atoms with Crippen LogP contribution in [0.3, 0.4) is 0 Å². The van der Waals surface area contributed by atoms with Gasteiger partial charge < -0.3 is 15.4 Å². The lowest BCUT2D eigenvalue weighted by Crippen LogP contribution is -2.31. The second-order valence-electron chi connectivity index (χ2n) is 5.39. The van der Waals surface area contributed by atoms with Gasteiger partial charge in [-0.3, -0.25) is 0 Å². The van der Waals surface area contributed by atoms with Crippen molar-refractivity contribution in [1.29, 1.82) is 0 Å². The molecule has 1 aromatic heterocycles. The van der Waals surface area contributed by atoms with Gasteiger partial charge in [0, 0.05) is 25.8 Å². The maximum Gasteiger partial charge on any atom is 0.142 e. The first-order valence-corrected chi connectivity index (χ1v) is 7.39. The zero-order valence-corrected chi connectivity index (χ0v) is 12.3. The Labute approximate surface area is 113 Å². The highest BCUT2D eigenvalue weighted by molar-refractivity contribution is 7.10. The van der Waals surface area contributed by atoms with Crippen LogP contribution < -0.4 is 10.6 Å². The van der Waals surface area contributed by atoms with Crippen LogP contribution >= 0.6 is 11.5 Å². The van der Waals surface area contributed by atoms with Gasteiger partial charge in [0.05, 0.1) is 6.61 Å². The zero-order valence-electron chi connectivity index (χ0n) is 11.5.